The lowest BCUT2D eigenvalue weighted by atomic mass is 10.1. The van der Waals surface area contributed by atoms with Gasteiger partial charge in [0.1, 0.15) is 12.8 Å². The molecule has 0 unspecified atom stereocenters. The van der Waals surface area contributed by atoms with Crippen molar-refractivity contribution in [3.63, 3.8) is 0 Å². The molecule has 2 aliphatic rings. The van der Waals surface area contributed by atoms with E-state index in [1.54, 1.807) is 6.20 Å². The molecule has 1 amide bonds. The maximum atomic E-state index is 13.2. The third-order valence-electron chi connectivity index (χ3n) is 5.21. The Morgan fingerprint density at radius 1 is 1.19 bits per heavy atom. The van der Waals surface area contributed by atoms with Gasteiger partial charge in [-0.05, 0) is 47.7 Å². The van der Waals surface area contributed by atoms with E-state index in [2.05, 4.69) is 20.9 Å². The Hall–Kier alpha value is -2.28. The highest BCUT2D eigenvalue weighted by Crippen LogP contribution is 2.31. The van der Waals surface area contributed by atoms with Crippen molar-refractivity contribution in [2.75, 3.05) is 18.1 Å². The molecule has 1 fully saturated rings. The summed E-state index contributed by atoms with van der Waals surface area (Å²) in [5.41, 5.74) is 0.971. The standard InChI is InChI=1S/C20H22BrN3O3/c1-2-22-16-10-6-7-11-23(16)24-12-15(21)18(25)19(17(24)20(22)26)27-13-14-8-4-3-5-9-14/h3-5,8-9,12,16H,2,6-7,10-11,13H2,1H3/t16-/m0/s1. The van der Waals surface area contributed by atoms with Crippen molar-refractivity contribution in [1.29, 1.82) is 0 Å². The van der Waals surface area contributed by atoms with Crippen molar-refractivity contribution < 1.29 is 9.53 Å². The Bertz CT molecular complexity index is 913. The molecule has 0 aliphatic carbocycles. The van der Waals surface area contributed by atoms with Gasteiger partial charge in [-0.25, -0.2) is 0 Å². The van der Waals surface area contributed by atoms with Gasteiger partial charge in [-0.3, -0.25) is 19.3 Å². The number of carbonyl (C=O) groups excluding carboxylic acids is 1. The molecule has 0 bridgehead atoms. The molecule has 1 atom stereocenters. The van der Waals surface area contributed by atoms with Crippen LogP contribution >= 0.6 is 15.9 Å². The van der Waals surface area contributed by atoms with E-state index in [9.17, 15) is 9.59 Å². The molecule has 1 saturated heterocycles. The Balaban J connectivity index is 1.80. The number of benzene rings is 1. The number of amides is 1. The second-order valence-corrected chi connectivity index (χ2v) is 7.69. The van der Waals surface area contributed by atoms with Crippen LogP contribution in [0.25, 0.3) is 0 Å². The van der Waals surface area contributed by atoms with Gasteiger partial charge in [0.15, 0.2) is 11.4 Å². The van der Waals surface area contributed by atoms with E-state index in [1.165, 1.54) is 0 Å². The number of nitrogens with zero attached hydrogens (tertiary/aromatic N) is 3. The van der Waals surface area contributed by atoms with Crippen molar-refractivity contribution in [3.8, 4) is 5.75 Å². The molecular weight excluding hydrogens is 410 g/mol. The Morgan fingerprint density at radius 3 is 2.70 bits per heavy atom. The van der Waals surface area contributed by atoms with Gasteiger partial charge in [-0.1, -0.05) is 30.3 Å². The lowest BCUT2D eigenvalue weighted by molar-refractivity contribution is 0.0532. The zero-order chi connectivity index (χ0) is 19.0. The summed E-state index contributed by atoms with van der Waals surface area (Å²) in [4.78, 5) is 27.9. The van der Waals surface area contributed by atoms with Crippen LogP contribution < -0.4 is 15.2 Å². The summed E-state index contributed by atoms with van der Waals surface area (Å²) in [6.07, 6.45) is 4.82. The number of hydrogen-bond acceptors (Lipinski definition) is 4. The second kappa shape index (κ2) is 7.38. The van der Waals surface area contributed by atoms with Crippen molar-refractivity contribution in [2.45, 2.75) is 39.0 Å². The van der Waals surface area contributed by atoms with Crippen molar-refractivity contribution in [3.05, 3.63) is 62.5 Å². The molecule has 1 aromatic heterocycles. The first-order valence-corrected chi connectivity index (χ1v) is 10.1. The van der Waals surface area contributed by atoms with Gasteiger partial charge in [0.2, 0.25) is 5.43 Å². The molecule has 0 spiro atoms. The molecule has 0 N–H and O–H groups in total. The van der Waals surface area contributed by atoms with Crippen molar-refractivity contribution in [2.24, 2.45) is 0 Å². The van der Waals surface area contributed by atoms with Crippen molar-refractivity contribution >= 4 is 21.8 Å². The van der Waals surface area contributed by atoms with Crippen LogP contribution in [0, 0.1) is 0 Å². The predicted octanol–water partition coefficient (Wildman–Crippen LogP) is 3.11. The molecule has 0 saturated carbocycles. The van der Waals surface area contributed by atoms with Crippen LogP contribution in [0.1, 0.15) is 42.2 Å². The fourth-order valence-corrected chi connectivity index (χ4v) is 4.28. The SMILES string of the molecule is CCN1C(=O)c2c(OCc3ccccc3)c(=O)c(Br)cn2N2CCCC[C@@H]12. The summed E-state index contributed by atoms with van der Waals surface area (Å²) in [6.45, 7) is 3.65. The van der Waals surface area contributed by atoms with E-state index in [0.717, 1.165) is 31.4 Å². The first kappa shape index (κ1) is 18.1. The topological polar surface area (TPSA) is 54.8 Å². The van der Waals surface area contributed by atoms with E-state index in [4.69, 9.17) is 4.74 Å². The number of ether oxygens (including phenoxy) is 1. The average Bonchev–Trinajstić information content (AvgIpc) is 2.70. The summed E-state index contributed by atoms with van der Waals surface area (Å²) in [6, 6.07) is 9.64. The summed E-state index contributed by atoms with van der Waals surface area (Å²) >= 11 is 3.36. The first-order chi connectivity index (χ1) is 13.1. The minimum Gasteiger partial charge on any atom is -0.482 e. The van der Waals surface area contributed by atoms with Gasteiger partial charge >= 0.3 is 0 Å². The van der Waals surface area contributed by atoms with Crippen LogP contribution in [0.2, 0.25) is 0 Å². The lowest BCUT2D eigenvalue weighted by Crippen LogP contribution is -2.62. The van der Waals surface area contributed by atoms with Crippen molar-refractivity contribution in [1.82, 2.24) is 9.58 Å². The third-order valence-corrected chi connectivity index (χ3v) is 5.78. The number of aromatic nitrogens is 1. The van der Waals surface area contributed by atoms with E-state index in [-0.39, 0.29) is 29.9 Å². The Kier molecular flexibility index (Phi) is 4.95. The maximum Gasteiger partial charge on any atom is 0.278 e. The van der Waals surface area contributed by atoms with E-state index in [1.807, 2.05) is 46.8 Å². The number of hydrogen-bond donors (Lipinski definition) is 0. The fourth-order valence-electron chi connectivity index (χ4n) is 3.90. The predicted molar refractivity (Wildman–Crippen MR) is 107 cm³/mol. The number of pyridine rings is 1. The highest BCUT2D eigenvalue weighted by molar-refractivity contribution is 9.10. The number of carbonyl (C=O) groups is 1. The maximum absolute atomic E-state index is 13.2. The number of fused-ring (bicyclic) bond motifs is 3. The molecule has 0 radical (unpaired) electrons. The highest BCUT2D eigenvalue weighted by Gasteiger charge is 2.40. The quantitative estimate of drug-likeness (QED) is 0.745. The average molecular weight is 432 g/mol. The van der Waals surface area contributed by atoms with Crippen LogP contribution in [0.5, 0.6) is 5.75 Å². The smallest absolute Gasteiger partial charge is 0.278 e. The Labute approximate surface area is 166 Å². The van der Waals surface area contributed by atoms with Gasteiger partial charge in [0.25, 0.3) is 5.91 Å². The van der Waals surface area contributed by atoms with E-state index >= 15 is 0 Å². The molecule has 4 rings (SSSR count). The van der Waals surface area contributed by atoms with E-state index < -0.39 is 0 Å². The molecule has 1 aromatic carbocycles. The minimum atomic E-state index is -0.294. The van der Waals surface area contributed by atoms with Crippen LogP contribution in [-0.2, 0) is 6.61 Å². The van der Waals surface area contributed by atoms with Crippen LogP contribution in [0.3, 0.4) is 0 Å². The molecule has 2 aromatic rings. The van der Waals surface area contributed by atoms with Crippen LogP contribution in [0.4, 0.5) is 0 Å². The van der Waals surface area contributed by atoms with Gasteiger partial charge in [0.05, 0.1) is 4.47 Å². The number of rotatable bonds is 4. The molecule has 7 heteroatoms. The molecule has 3 heterocycles. The van der Waals surface area contributed by atoms with Crippen LogP contribution in [-0.4, -0.2) is 34.7 Å². The molecule has 2 aliphatic heterocycles. The molecule has 27 heavy (non-hydrogen) atoms. The highest BCUT2D eigenvalue weighted by atomic mass is 79.9. The van der Waals surface area contributed by atoms with Gasteiger partial charge < -0.3 is 9.64 Å². The number of piperidine rings is 1. The lowest BCUT2D eigenvalue weighted by Gasteiger charge is -2.48. The zero-order valence-corrected chi connectivity index (χ0v) is 16.8. The zero-order valence-electron chi connectivity index (χ0n) is 15.2. The molecular formula is C20H22BrN3O3. The summed E-state index contributed by atoms with van der Waals surface area (Å²) in [5, 5.41) is 2.17. The number of halogens is 1. The molecule has 142 valence electrons. The Morgan fingerprint density at radius 2 is 1.96 bits per heavy atom. The molecule has 6 nitrogen and oxygen atoms in total. The van der Waals surface area contributed by atoms with Gasteiger partial charge in [0, 0.05) is 19.3 Å². The van der Waals surface area contributed by atoms with Gasteiger partial charge in [-0.2, -0.15) is 0 Å². The fraction of sp³-hybridized carbons (Fsp3) is 0.400. The first-order valence-electron chi connectivity index (χ1n) is 9.31. The summed E-state index contributed by atoms with van der Waals surface area (Å²) < 4.78 is 8.13. The normalized spacial score (nSPS) is 18.9. The summed E-state index contributed by atoms with van der Waals surface area (Å²) in [7, 11) is 0. The van der Waals surface area contributed by atoms with Gasteiger partial charge in [-0.15, -0.1) is 0 Å². The van der Waals surface area contributed by atoms with E-state index in [0.29, 0.717) is 16.7 Å². The monoisotopic (exact) mass is 431 g/mol. The van der Waals surface area contributed by atoms with Crippen LogP contribution in [0.15, 0.2) is 45.8 Å². The largest absolute Gasteiger partial charge is 0.482 e. The second-order valence-electron chi connectivity index (χ2n) is 6.83. The third kappa shape index (κ3) is 3.14. The minimum absolute atomic E-state index is 0.0279. The summed E-state index contributed by atoms with van der Waals surface area (Å²) in [5.74, 6) is -0.0333.